The van der Waals surface area contributed by atoms with Crippen molar-refractivity contribution < 1.29 is 14.1 Å². The van der Waals surface area contributed by atoms with Gasteiger partial charge in [-0.25, -0.2) is 0 Å². The number of nitrogens with one attached hydrogen (secondary N) is 1. The third-order valence-electron chi connectivity index (χ3n) is 4.91. The molecule has 3 heterocycles. The summed E-state index contributed by atoms with van der Waals surface area (Å²) in [6.07, 6.45) is 1.45. The highest BCUT2D eigenvalue weighted by molar-refractivity contribution is 7.10. The summed E-state index contributed by atoms with van der Waals surface area (Å²) in [6.45, 7) is 2.96. The monoisotopic (exact) mass is 402 g/mol. The molecule has 0 unspecified atom stereocenters. The van der Waals surface area contributed by atoms with Crippen LogP contribution in [0.25, 0.3) is 11.3 Å². The largest absolute Gasteiger partial charge is 0.381 e. The van der Waals surface area contributed by atoms with Gasteiger partial charge in [-0.2, -0.15) is 0 Å². The van der Waals surface area contributed by atoms with E-state index in [1.807, 2.05) is 29.6 Å². The molecule has 1 aliphatic heterocycles. The summed E-state index contributed by atoms with van der Waals surface area (Å²) in [4.78, 5) is 14.4. The van der Waals surface area contributed by atoms with Gasteiger partial charge < -0.3 is 14.6 Å². The summed E-state index contributed by atoms with van der Waals surface area (Å²) in [5.41, 5.74) is 1.12. The van der Waals surface area contributed by atoms with Crippen molar-refractivity contribution in [1.82, 2.24) is 10.5 Å². The quantitative estimate of drug-likeness (QED) is 0.680. The zero-order chi connectivity index (χ0) is 18.9. The minimum Gasteiger partial charge on any atom is -0.381 e. The number of thiophene rings is 1. The Balaban J connectivity index is 1.71. The van der Waals surface area contributed by atoms with Gasteiger partial charge in [0.25, 0.3) is 5.91 Å². The Hall–Kier alpha value is -2.15. The molecule has 7 heteroatoms. The van der Waals surface area contributed by atoms with Crippen LogP contribution >= 0.6 is 22.9 Å². The Morgan fingerprint density at radius 2 is 2.00 bits per heavy atom. The van der Waals surface area contributed by atoms with E-state index in [-0.39, 0.29) is 5.91 Å². The fourth-order valence-electron chi connectivity index (χ4n) is 3.46. The first-order valence-corrected chi connectivity index (χ1v) is 10.0. The van der Waals surface area contributed by atoms with Crippen molar-refractivity contribution in [3.05, 3.63) is 63.0 Å². The smallest absolute Gasteiger partial charge is 0.257 e. The number of nitrogens with zero attached hydrogens (tertiary/aromatic N) is 1. The van der Waals surface area contributed by atoms with E-state index in [9.17, 15) is 4.79 Å². The van der Waals surface area contributed by atoms with Crippen LogP contribution in [0, 0.1) is 6.92 Å². The number of aryl methyl sites for hydroxylation is 1. The van der Waals surface area contributed by atoms with Crippen LogP contribution < -0.4 is 5.32 Å². The third-order valence-corrected chi connectivity index (χ3v) is 6.31. The lowest BCUT2D eigenvalue weighted by molar-refractivity contribution is 0.0358. The van der Waals surface area contributed by atoms with Gasteiger partial charge in [0.15, 0.2) is 0 Å². The van der Waals surface area contributed by atoms with Gasteiger partial charge in [0, 0.05) is 23.7 Å². The van der Waals surface area contributed by atoms with E-state index < -0.39 is 5.54 Å². The molecule has 1 amide bonds. The van der Waals surface area contributed by atoms with Gasteiger partial charge in [-0.3, -0.25) is 4.79 Å². The molecule has 140 valence electrons. The molecule has 5 nitrogen and oxygen atoms in total. The molecule has 1 fully saturated rings. The number of carbonyl (C=O) groups excluding carboxylic acids is 1. The summed E-state index contributed by atoms with van der Waals surface area (Å²) in [5.74, 6) is 0.259. The zero-order valence-corrected chi connectivity index (χ0v) is 16.4. The molecule has 2 aromatic heterocycles. The van der Waals surface area contributed by atoms with E-state index in [2.05, 4.69) is 16.5 Å². The van der Waals surface area contributed by atoms with Gasteiger partial charge in [-0.05, 0) is 37.3 Å². The predicted octanol–water partition coefficient (Wildman–Crippen LogP) is 4.80. The van der Waals surface area contributed by atoms with Crippen LogP contribution in [0.3, 0.4) is 0 Å². The molecule has 1 N–H and O–H groups in total. The van der Waals surface area contributed by atoms with Crippen LogP contribution in [0.1, 0.15) is 33.8 Å². The van der Waals surface area contributed by atoms with E-state index in [4.69, 9.17) is 20.9 Å². The first kappa shape index (κ1) is 18.2. The minimum atomic E-state index is -0.440. The summed E-state index contributed by atoms with van der Waals surface area (Å²) in [7, 11) is 0. The molecule has 1 aliphatic rings. The van der Waals surface area contributed by atoms with Crippen molar-refractivity contribution in [2.24, 2.45) is 0 Å². The van der Waals surface area contributed by atoms with Gasteiger partial charge in [0.05, 0.1) is 10.6 Å². The van der Waals surface area contributed by atoms with Crippen LogP contribution in [0.2, 0.25) is 5.02 Å². The molecule has 0 saturated carbocycles. The molecule has 1 aromatic carbocycles. The second-order valence-electron chi connectivity index (χ2n) is 6.57. The van der Waals surface area contributed by atoms with E-state index >= 15 is 0 Å². The topological polar surface area (TPSA) is 64.4 Å². The molecule has 1 saturated heterocycles. The van der Waals surface area contributed by atoms with Crippen LogP contribution in [0.15, 0.2) is 46.3 Å². The second-order valence-corrected chi connectivity index (χ2v) is 7.92. The highest BCUT2D eigenvalue weighted by Crippen LogP contribution is 2.37. The highest BCUT2D eigenvalue weighted by atomic mass is 35.5. The third kappa shape index (κ3) is 3.40. The number of aromatic nitrogens is 1. The molecule has 0 spiro atoms. The molecule has 27 heavy (non-hydrogen) atoms. The van der Waals surface area contributed by atoms with Crippen molar-refractivity contribution in [2.45, 2.75) is 25.3 Å². The van der Waals surface area contributed by atoms with E-state index in [1.54, 1.807) is 24.3 Å². The lowest BCUT2D eigenvalue weighted by Gasteiger charge is -2.37. The number of hydrogen-bond acceptors (Lipinski definition) is 5. The van der Waals surface area contributed by atoms with Gasteiger partial charge in [-0.1, -0.05) is 41.0 Å². The number of halogens is 1. The maximum absolute atomic E-state index is 13.3. The highest BCUT2D eigenvalue weighted by Gasteiger charge is 2.38. The fourth-order valence-corrected chi connectivity index (χ4v) is 4.63. The van der Waals surface area contributed by atoms with Gasteiger partial charge in [0.2, 0.25) is 0 Å². The van der Waals surface area contributed by atoms with Crippen molar-refractivity contribution in [3.8, 4) is 11.3 Å². The summed E-state index contributed by atoms with van der Waals surface area (Å²) >= 11 is 7.96. The Morgan fingerprint density at radius 3 is 2.70 bits per heavy atom. The first-order valence-electron chi connectivity index (χ1n) is 8.76. The maximum Gasteiger partial charge on any atom is 0.257 e. The summed E-state index contributed by atoms with van der Waals surface area (Å²) in [6, 6.07) is 11.4. The number of benzene rings is 1. The van der Waals surface area contributed by atoms with Crippen LogP contribution in [0.5, 0.6) is 0 Å². The Morgan fingerprint density at radius 1 is 1.22 bits per heavy atom. The van der Waals surface area contributed by atoms with E-state index in [0.29, 0.717) is 40.8 Å². The van der Waals surface area contributed by atoms with Crippen molar-refractivity contribution in [1.29, 1.82) is 0 Å². The Bertz CT molecular complexity index is 946. The standard InChI is InChI=1S/C20H19ClN2O3S/c1-13-17(18(23-26-13)14-5-2-3-6-15(14)21)19(24)22-20(8-10-25-11-9-20)16-7-4-12-27-16/h2-7,12H,8-11H2,1H3,(H,22,24). The Labute approximate surface area is 166 Å². The normalized spacial score (nSPS) is 16.2. The van der Waals surface area contributed by atoms with Crippen molar-refractivity contribution in [2.75, 3.05) is 13.2 Å². The molecular formula is C20H19ClN2O3S. The molecule has 4 rings (SSSR count). The average molecular weight is 403 g/mol. The lowest BCUT2D eigenvalue weighted by atomic mass is 9.87. The van der Waals surface area contributed by atoms with Crippen molar-refractivity contribution in [3.63, 3.8) is 0 Å². The van der Waals surface area contributed by atoms with Crippen LogP contribution in [-0.2, 0) is 10.3 Å². The van der Waals surface area contributed by atoms with Gasteiger partial charge in [-0.15, -0.1) is 11.3 Å². The molecule has 0 aliphatic carbocycles. The van der Waals surface area contributed by atoms with Crippen molar-refractivity contribution >= 4 is 28.8 Å². The number of hydrogen-bond donors (Lipinski definition) is 1. The van der Waals surface area contributed by atoms with Gasteiger partial charge >= 0.3 is 0 Å². The molecular weight excluding hydrogens is 384 g/mol. The van der Waals surface area contributed by atoms with Crippen LogP contribution in [0.4, 0.5) is 0 Å². The number of rotatable bonds is 4. The maximum atomic E-state index is 13.3. The van der Waals surface area contributed by atoms with E-state index in [1.165, 1.54) is 0 Å². The molecule has 0 bridgehead atoms. The first-order chi connectivity index (χ1) is 13.1. The second kappa shape index (κ2) is 7.46. The van der Waals surface area contributed by atoms with E-state index in [0.717, 1.165) is 17.7 Å². The molecule has 3 aromatic rings. The molecule has 0 atom stereocenters. The zero-order valence-electron chi connectivity index (χ0n) is 14.8. The molecule has 0 radical (unpaired) electrons. The SMILES string of the molecule is Cc1onc(-c2ccccc2Cl)c1C(=O)NC1(c2cccs2)CCOCC1. The number of ether oxygens (including phenoxy) is 1. The Kier molecular flexibility index (Phi) is 5.04. The number of carbonyl (C=O) groups is 1. The average Bonchev–Trinajstić information content (AvgIpc) is 3.33. The number of amides is 1. The predicted molar refractivity (Wildman–Crippen MR) is 105 cm³/mol. The van der Waals surface area contributed by atoms with Gasteiger partial charge in [0.1, 0.15) is 17.0 Å². The summed E-state index contributed by atoms with van der Waals surface area (Å²) < 4.78 is 10.9. The fraction of sp³-hybridized carbons (Fsp3) is 0.300. The summed E-state index contributed by atoms with van der Waals surface area (Å²) in [5, 5.41) is 9.91. The van der Waals surface area contributed by atoms with Crippen LogP contribution in [-0.4, -0.2) is 24.3 Å². The minimum absolute atomic E-state index is 0.209. The lowest BCUT2D eigenvalue weighted by Crippen LogP contribution is -2.49.